The van der Waals surface area contributed by atoms with E-state index in [1.54, 1.807) is 62.7 Å². The highest BCUT2D eigenvalue weighted by molar-refractivity contribution is 7.89. The number of anilines is 1. The highest BCUT2D eigenvalue weighted by Gasteiger charge is 2.28. The first-order chi connectivity index (χ1) is 15.3. The summed E-state index contributed by atoms with van der Waals surface area (Å²) in [6, 6.07) is 23.4. The van der Waals surface area contributed by atoms with Crippen molar-refractivity contribution in [2.45, 2.75) is 18.2 Å². The van der Waals surface area contributed by atoms with Crippen LogP contribution in [0.3, 0.4) is 0 Å². The molecule has 0 bridgehead atoms. The van der Waals surface area contributed by atoms with Crippen molar-refractivity contribution in [2.24, 2.45) is 0 Å². The van der Waals surface area contributed by atoms with Gasteiger partial charge in [0.2, 0.25) is 15.9 Å². The number of amides is 1. The molecule has 0 saturated heterocycles. The molecule has 7 heteroatoms. The summed E-state index contributed by atoms with van der Waals surface area (Å²) in [6.07, 6.45) is 0.502. The quantitative estimate of drug-likeness (QED) is 0.494. The molecule has 0 saturated carbocycles. The minimum Gasteiger partial charge on any atom is -0.497 e. The van der Waals surface area contributed by atoms with Crippen LogP contribution in [0.5, 0.6) is 5.75 Å². The summed E-state index contributed by atoms with van der Waals surface area (Å²) in [5, 5.41) is 0. The maximum absolute atomic E-state index is 13.4. The standard InChI is InChI=1S/C25H28N2O4S/c1-20-12-14-24(15-13-20)32(29,30)27(17-16-21-8-5-4-6-9-21)19-25(28)26(2)22-10-7-11-23(18-22)31-3/h4-15,18H,16-17,19H2,1-3H3. The van der Waals surface area contributed by atoms with Crippen molar-refractivity contribution in [1.29, 1.82) is 0 Å². The fourth-order valence-electron chi connectivity index (χ4n) is 3.26. The number of methoxy groups -OCH3 is 1. The molecule has 0 aromatic heterocycles. The zero-order valence-electron chi connectivity index (χ0n) is 18.6. The van der Waals surface area contributed by atoms with E-state index in [1.165, 1.54) is 9.21 Å². The lowest BCUT2D eigenvalue weighted by molar-refractivity contribution is -0.118. The van der Waals surface area contributed by atoms with Gasteiger partial charge in [-0.2, -0.15) is 4.31 Å². The number of hydrogen-bond donors (Lipinski definition) is 0. The maximum Gasteiger partial charge on any atom is 0.243 e. The number of sulfonamides is 1. The van der Waals surface area contributed by atoms with Crippen LogP contribution < -0.4 is 9.64 Å². The summed E-state index contributed by atoms with van der Waals surface area (Å²) < 4.78 is 33.3. The van der Waals surface area contributed by atoms with Crippen molar-refractivity contribution >= 4 is 21.6 Å². The molecule has 168 valence electrons. The van der Waals surface area contributed by atoms with Crippen molar-refractivity contribution in [2.75, 3.05) is 32.1 Å². The Morgan fingerprint density at radius 2 is 1.62 bits per heavy atom. The molecule has 3 aromatic rings. The van der Waals surface area contributed by atoms with Crippen molar-refractivity contribution in [3.05, 3.63) is 90.0 Å². The molecule has 6 nitrogen and oxygen atoms in total. The molecule has 0 aliphatic carbocycles. The lowest BCUT2D eigenvalue weighted by Gasteiger charge is -2.25. The van der Waals surface area contributed by atoms with Gasteiger partial charge in [-0.3, -0.25) is 4.79 Å². The second-order valence-corrected chi connectivity index (χ2v) is 9.48. The van der Waals surface area contributed by atoms with Gasteiger partial charge in [-0.05, 0) is 43.2 Å². The van der Waals surface area contributed by atoms with Gasteiger partial charge < -0.3 is 9.64 Å². The number of carbonyl (C=O) groups excluding carboxylic acids is 1. The van der Waals surface area contributed by atoms with E-state index in [2.05, 4.69) is 0 Å². The van der Waals surface area contributed by atoms with Crippen LogP contribution in [0.2, 0.25) is 0 Å². The molecule has 0 N–H and O–H groups in total. The third kappa shape index (κ3) is 5.75. The van der Waals surface area contributed by atoms with Crippen LogP contribution in [-0.4, -0.2) is 45.9 Å². The average Bonchev–Trinajstić information content (AvgIpc) is 2.82. The Balaban J connectivity index is 1.85. The third-order valence-electron chi connectivity index (χ3n) is 5.28. The van der Waals surface area contributed by atoms with Gasteiger partial charge in [0.05, 0.1) is 18.6 Å². The first-order valence-electron chi connectivity index (χ1n) is 10.3. The molecule has 1 amide bonds. The monoisotopic (exact) mass is 452 g/mol. The number of ether oxygens (including phenoxy) is 1. The molecular formula is C25H28N2O4S. The summed E-state index contributed by atoms with van der Waals surface area (Å²) in [5.41, 5.74) is 2.60. The lowest BCUT2D eigenvalue weighted by atomic mass is 10.1. The summed E-state index contributed by atoms with van der Waals surface area (Å²) in [6.45, 7) is 1.82. The van der Waals surface area contributed by atoms with Crippen LogP contribution in [-0.2, 0) is 21.2 Å². The predicted molar refractivity (Wildman–Crippen MR) is 126 cm³/mol. The van der Waals surface area contributed by atoms with Crippen LogP contribution in [0, 0.1) is 6.92 Å². The average molecular weight is 453 g/mol. The smallest absolute Gasteiger partial charge is 0.243 e. The molecular weight excluding hydrogens is 424 g/mol. The van der Waals surface area contributed by atoms with Crippen molar-refractivity contribution in [3.8, 4) is 5.75 Å². The summed E-state index contributed by atoms with van der Waals surface area (Å²) in [4.78, 5) is 14.7. The summed E-state index contributed by atoms with van der Waals surface area (Å²) in [7, 11) is -0.665. The lowest BCUT2D eigenvalue weighted by Crippen LogP contribution is -2.42. The second kappa shape index (κ2) is 10.4. The topological polar surface area (TPSA) is 66.9 Å². The Kier molecular flexibility index (Phi) is 7.66. The fourth-order valence-corrected chi connectivity index (χ4v) is 4.65. The summed E-state index contributed by atoms with van der Waals surface area (Å²) in [5.74, 6) is 0.289. The zero-order valence-corrected chi connectivity index (χ0v) is 19.4. The van der Waals surface area contributed by atoms with E-state index >= 15 is 0 Å². The van der Waals surface area contributed by atoms with Crippen molar-refractivity contribution in [3.63, 3.8) is 0 Å². The molecule has 3 aromatic carbocycles. The van der Waals surface area contributed by atoms with E-state index in [0.717, 1.165) is 11.1 Å². The van der Waals surface area contributed by atoms with Gasteiger partial charge in [-0.25, -0.2) is 8.42 Å². The Morgan fingerprint density at radius 1 is 0.938 bits per heavy atom. The van der Waals surface area contributed by atoms with Gasteiger partial charge in [-0.15, -0.1) is 0 Å². The Morgan fingerprint density at radius 3 is 2.28 bits per heavy atom. The highest BCUT2D eigenvalue weighted by atomic mass is 32.2. The molecule has 0 atom stereocenters. The number of carbonyl (C=O) groups is 1. The molecule has 0 heterocycles. The first kappa shape index (κ1) is 23.5. The van der Waals surface area contributed by atoms with Gasteiger partial charge in [0.15, 0.2) is 0 Å². The number of benzene rings is 3. The summed E-state index contributed by atoms with van der Waals surface area (Å²) >= 11 is 0. The number of aryl methyl sites for hydroxylation is 1. The fraction of sp³-hybridized carbons (Fsp3) is 0.240. The van der Waals surface area contributed by atoms with Gasteiger partial charge >= 0.3 is 0 Å². The molecule has 32 heavy (non-hydrogen) atoms. The van der Waals surface area contributed by atoms with Crippen LogP contribution in [0.1, 0.15) is 11.1 Å². The minimum atomic E-state index is -3.85. The van der Waals surface area contributed by atoms with E-state index in [1.807, 2.05) is 37.3 Å². The van der Waals surface area contributed by atoms with E-state index in [4.69, 9.17) is 4.74 Å². The van der Waals surface area contributed by atoms with Crippen LogP contribution in [0.15, 0.2) is 83.8 Å². The Bertz CT molecular complexity index is 1150. The van der Waals surface area contributed by atoms with E-state index in [9.17, 15) is 13.2 Å². The molecule has 0 unspecified atom stereocenters. The number of hydrogen-bond acceptors (Lipinski definition) is 4. The molecule has 0 spiro atoms. The number of nitrogens with zero attached hydrogens (tertiary/aromatic N) is 2. The number of rotatable bonds is 9. The van der Waals surface area contributed by atoms with Crippen LogP contribution in [0.25, 0.3) is 0 Å². The highest BCUT2D eigenvalue weighted by Crippen LogP contribution is 2.22. The van der Waals surface area contributed by atoms with Crippen LogP contribution >= 0.6 is 0 Å². The molecule has 0 radical (unpaired) electrons. The predicted octanol–water partition coefficient (Wildman–Crippen LogP) is 3.90. The van der Waals surface area contributed by atoms with E-state index in [-0.39, 0.29) is 23.9 Å². The normalized spacial score (nSPS) is 11.4. The van der Waals surface area contributed by atoms with Gasteiger partial charge in [0.1, 0.15) is 5.75 Å². The van der Waals surface area contributed by atoms with E-state index < -0.39 is 10.0 Å². The molecule has 3 rings (SSSR count). The number of likely N-dealkylation sites (N-methyl/N-ethyl adjacent to an activating group) is 1. The first-order valence-corrected chi connectivity index (χ1v) is 11.8. The van der Waals surface area contributed by atoms with Gasteiger partial charge in [0, 0.05) is 25.3 Å². The molecule has 0 aliphatic rings. The maximum atomic E-state index is 13.4. The Hall–Kier alpha value is -3.16. The van der Waals surface area contributed by atoms with E-state index in [0.29, 0.717) is 17.9 Å². The van der Waals surface area contributed by atoms with Crippen molar-refractivity contribution < 1.29 is 17.9 Å². The molecule has 0 fully saturated rings. The SMILES string of the molecule is COc1cccc(N(C)C(=O)CN(CCc2ccccc2)S(=O)(=O)c2ccc(C)cc2)c1. The van der Waals surface area contributed by atoms with Crippen molar-refractivity contribution in [1.82, 2.24) is 4.31 Å². The second-order valence-electron chi connectivity index (χ2n) is 7.54. The minimum absolute atomic E-state index is 0.174. The van der Waals surface area contributed by atoms with Gasteiger partial charge in [-0.1, -0.05) is 54.1 Å². The zero-order chi connectivity index (χ0) is 23.1. The molecule has 0 aliphatic heterocycles. The van der Waals surface area contributed by atoms with Gasteiger partial charge in [0.25, 0.3) is 0 Å². The van der Waals surface area contributed by atoms with Crippen LogP contribution in [0.4, 0.5) is 5.69 Å². The third-order valence-corrected chi connectivity index (χ3v) is 7.14. The Labute approximate surface area is 190 Å². The largest absolute Gasteiger partial charge is 0.497 e.